The van der Waals surface area contributed by atoms with Crippen molar-refractivity contribution in [3.8, 4) is 0 Å². The molecule has 0 aromatic carbocycles. The molecule has 3 amide bonds. The first-order valence-electron chi connectivity index (χ1n) is 5.68. The summed E-state index contributed by atoms with van der Waals surface area (Å²) in [6.07, 6.45) is 1.51. The van der Waals surface area contributed by atoms with Gasteiger partial charge in [-0.1, -0.05) is 0 Å². The standard InChI is InChI=1S/C11H20N4O3/c1-5-13-6-9(16)14-8(3)11(18)15-7(2)10(17)12-4/h5,7-8H,6H2,1-4H3,(H,12,17)(H,14,16)(H,15,18). The molecule has 18 heavy (non-hydrogen) atoms. The number of amides is 3. The number of carbonyl (C=O) groups excluding carboxylic acids is 3. The van der Waals surface area contributed by atoms with Gasteiger partial charge >= 0.3 is 0 Å². The number of likely N-dealkylation sites (N-methyl/N-ethyl adjacent to an activating group) is 1. The summed E-state index contributed by atoms with van der Waals surface area (Å²) < 4.78 is 0. The van der Waals surface area contributed by atoms with Gasteiger partial charge in [-0.2, -0.15) is 0 Å². The molecule has 0 aliphatic heterocycles. The van der Waals surface area contributed by atoms with E-state index >= 15 is 0 Å². The van der Waals surface area contributed by atoms with E-state index in [1.54, 1.807) is 20.8 Å². The lowest BCUT2D eigenvalue weighted by Crippen LogP contribution is -2.51. The summed E-state index contributed by atoms with van der Waals surface area (Å²) in [4.78, 5) is 37.9. The predicted octanol–water partition coefficient (Wildman–Crippen LogP) is -1.17. The van der Waals surface area contributed by atoms with Crippen LogP contribution in [0.5, 0.6) is 0 Å². The molecule has 0 rings (SSSR count). The van der Waals surface area contributed by atoms with Crippen LogP contribution in [0.2, 0.25) is 0 Å². The molecule has 2 unspecified atom stereocenters. The molecule has 0 bridgehead atoms. The Kier molecular flexibility index (Phi) is 7.34. The molecule has 0 radical (unpaired) electrons. The number of nitrogens with one attached hydrogen (secondary N) is 3. The highest BCUT2D eigenvalue weighted by Crippen LogP contribution is 1.87. The Labute approximate surface area is 106 Å². The van der Waals surface area contributed by atoms with Gasteiger partial charge in [-0.3, -0.25) is 19.4 Å². The zero-order chi connectivity index (χ0) is 14.1. The maximum absolute atomic E-state index is 11.6. The van der Waals surface area contributed by atoms with Crippen molar-refractivity contribution >= 4 is 23.9 Å². The molecule has 0 aliphatic carbocycles. The molecule has 0 heterocycles. The smallest absolute Gasteiger partial charge is 0.242 e. The first-order valence-corrected chi connectivity index (χ1v) is 5.68. The molecule has 0 saturated carbocycles. The Morgan fingerprint density at radius 3 is 2.17 bits per heavy atom. The normalized spacial score (nSPS) is 13.8. The van der Waals surface area contributed by atoms with E-state index in [1.807, 2.05) is 0 Å². The second-order valence-corrected chi connectivity index (χ2v) is 3.73. The van der Waals surface area contributed by atoms with Crippen LogP contribution in [0.1, 0.15) is 20.8 Å². The third kappa shape index (κ3) is 5.97. The molecule has 0 aromatic heterocycles. The van der Waals surface area contributed by atoms with Crippen LogP contribution in [0.3, 0.4) is 0 Å². The number of hydrogen-bond donors (Lipinski definition) is 3. The summed E-state index contributed by atoms with van der Waals surface area (Å²) in [5, 5.41) is 7.39. The average molecular weight is 256 g/mol. The molecule has 2 atom stereocenters. The lowest BCUT2D eigenvalue weighted by atomic mass is 10.2. The van der Waals surface area contributed by atoms with E-state index in [0.29, 0.717) is 0 Å². The highest BCUT2D eigenvalue weighted by atomic mass is 16.2. The maximum Gasteiger partial charge on any atom is 0.242 e. The molecule has 7 heteroatoms. The largest absolute Gasteiger partial charge is 0.357 e. The van der Waals surface area contributed by atoms with Crippen LogP contribution >= 0.6 is 0 Å². The Morgan fingerprint density at radius 2 is 1.67 bits per heavy atom. The van der Waals surface area contributed by atoms with Crippen molar-refractivity contribution in [1.29, 1.82) is 0 Å². The summed E-state index contributed by atoms with van der Waals surface area (Å²) >= 11 is 0. The van der Waals surface area contributed by atoms with Gasteiger partial charge in [0.15, 0.2) is 0 Å². The van der Waals surface area contributed by atoms with Crippen LogP contribution in [0, 0.1) is 0 Å². The van der Waals surface area contributed by atoms with Crippen molar-refractivity contribution in [3.63, 3.8) is 0 Å². The van der Waals surface area contributed by atoms with Crippen LogP contribution in [-0.2, 0) is 14.4 Å². The van der Waals surface area contributed by atoms with E-state index in [9.17, 15) is 14.4 Å². The first kappa shape index (κ1) is 16.1. The Balaban J connectivity index is 4.18. The zero-order valence-corrected chi connectivity index (χ0v) is 11.1. The summed E-state index contributed by atoms with van der Waals surface area (Å²) in [5.41, 5.74) is 0. The second kappa shape index (κ2) is 8.21. The second-order valence-electron chi connectivity index (χ2n) is 3.73. The molecular formula is C11H20N4O3. The van der Waals surface area contributed by atoms with Gasteiger partial charge in [0.25, 0.3) is 0 Å². The molecular weight excluding hydrogens is 236 g/mol. The summed E-state index contributed by atoms with van der Waals surface area (Å²) in [6.45, 7) is 4.79. The van der Waals surface area contributed by atoms with Gasteiger partial charge in [-0.15, -0.1) is 0 Å². The van der Waals surface area contributed by atoms with E-state index in [4.69, 9.17) is 0 Å². The van der Waals surface area contributed by atoms with Crippen LogP contribution in [0.25, 0.3) is 0 Å². The van der Waals surface area contributed by atoms with Crippen molar-refractivity contribution in [1.82, 2.24) is 16.0 Å². The minimum atomic E-state index is -0.711. The van der Waals surface area contributed by atoms with E-state index in [2.05, 4.69) is 20.9 Å². The number of carbonyl (C=O) groups is 3. The first-order chi connectivity index (χ1) is 8.42. The highest BCUT2D eigenvalue weighted by Gasteiger charge is 2.19. The fraction of sp³-hybridized carbons (Fsp3) is 0.636. The van der Waals surface area contributed by atoms with Crippen molar-refractivity contribution in [2.24, 2.45) is 4.99 Å². The van der Waals surface area contributed by atoms with Gasteiger partial charge in [0.05, 0.1) is 0 Å². The fourth-order valence-electron chi connectivity index (χ4n) is 1.15. The van der Waals surface area contributed by atoms with Crippen molar-refractivity contribution in [3.05, 3.63) is 0 Å². The van der Waals surface area contributed by atoms with Crippen LogP contribution in [0.15, 0.2) is 4.99 Å². The molecule has 7 nitrogen and oxygen atoms in total. The summed E-state index contributed by atoms with van der Waals surface area (Å²) in [6, 6.07) is -1.35. The SMILES string of the molecule is CC=NCC(=O)NC(C)C(=O)NC(C)C(=O)NC. The quantitative estimate of drug-likeness (QED) is 0.522. The highest BCUT2D eigenvalue weighted by molar-refractivity contribution is 5.92. The number of rotatable bonds is 6. The Morgan fingerprint density at radius 1 is 1.11 bits per heavy atom. The van der Waals surface area contributed by atoms with E-state index in [0.717, 1.165) is 0 Å². The van der Waals surface area contributed by atoms with Gasteiger partial charge < -0.3 is 16.0 Å². The van der Waals surface area contributed by atoms with Crippen LogP contribution in [0.4, 0.5) is 0 Å². The third-order valence-corrected chi connectivity index (χ3v) is 2.19. The number of hydrogen-bond acceptors (Lipinski definition) is 4. The predicted molar refractivity (Wildman–Crippen MR) is 68.3 cm³/mol. The third-order valence-electron chi connectivity index (χ3n) is 2.19. The fourth-order valence-corrected chi connectivity index (χ4v) is 1.15. The molecule has 102 valence electrons. The van der Waals surface area contributed by atoms with Crippen molar-refractivity contribution in [2.75, 3.05) is 13.6 Å². The minimum Gasteiger partial charge on any atom is -0.357 e. The maximum atomic E-state index is 11.6. The van der Waals surface area contributed by atoms with E-state index in [-0.39, 0.29) is 18.4 Å². The van der Waals surface area contributed by atoms with Gasteiger partial charge in [0.1, 0.15) is 18.6 Å². The minimum absolute atomic E-state index is 0.0148. The molecule has 0 fully saturated rings. The lowest BCUT2D eigenvalue weighted by Gasteiger charge is -2.17. The van der Waals surface area contributed by atoms with Crippen molar-refractivity contribution < 1.29 is 14.4 Å². The van der Waals surface area contributed by atoms with E-state index in [1.165, 1.54) is 13.3 Å². The van der Waals surface area contributed by atoms with Gasteiger partial charge in [0.2, 0.25) is 17.7 Å². The average Bonchev–Trinajstić information content (AvgIpc) is 2.34. The molecule has 0 aromatic rings. The monoisotopic (exact) mass is 256 g/mol. The summed E-state index contributed by atoms with van der Waals surface area (Å²) in [5.74, 6) is -1.05. The zero-order valence-electron chi connectivity index (χ0n) is 11.1. The summed E-state index contributed by atoms with van der Waals surface area (Å²) in [7, 11) is 1.49. The van der Waals surface area contributed by atoms with Crippen molar-refractivity contribution in [2.45, 2.75) is 32.9 Å². The molecule has 0 saturated heterocycles. The number of nitrogens with zero attached hydrogens (tertiary/aromatic N) is 1. The number of aliphatic imine (C=N–C) groups is 1. The van der Waals surface area contributed by atoms with Crippen LogP contribution in [-0.4, -0.2) is 49.6 Å². The lowest BCUT2D eigenvalue weighted by molar-refractivity contribution is -0.131. The van der Waals surface area contributed by atoms with Crippen LogP contribution < -0.4 is 16.0 Å². The topological polar surface area (TPSA) is 99.7 Å². The Bertz CT molecular complexity index is 341. The van der Waals surface area contributed by atoms with Gasteiger partial charge in [-0.05, 0) is 27.0 Å². The molecule has 0 spiro atoms. The molecule has 3 N–H and O–H groups in total. The van der Waals surface area contributed by atoms with Gasteiger partial charge in [-0.25, -0.2) is 0 Å². The van der Waals surface area contributed by atoms with E-state index < -0.39 is 18.0 Å². The molecule has 0 aliphatic rings. The Hall–Kier alpha value is -1.92. The van der Waals surface area contributed by atoms with Gasteiger partial charge in [0, 0.05) is 7.05 Å².